The van der Waals surface area contributed by atoms with Gasteiger partial charge in [-0.3, -0.25) is 0 Å². The van der Waals surface area contributed by atoms with E-state index in [1.807, 2.05) is 31.2 Å². The van der Waals surface area contributed by atoms with Gasteiger partial charge in [0, 0.05) is 20.2 Å². The van der Waals surface area contributed by atoms with Crippen molar-refractivity contribution in [3.05, 3.63) is 58.1 Å². The standard InChI is InChI=1S/C20H26ClNO3/c1-4-24-19-12-17(13-22-8-9-23-3)11-18(21)20(19)25-14-16-7-5-6-15(2)10-16/h5-7,10-12,22H,4,8-9,13-14H2,1-3H3. The van der Waals surface area contributed by atoms with Crippen molar-refractivity contribution in [1.82, 2.24) is 5.32 Å². The maximum absolute atomic E-state index is 6.45. The number of ether oxygens (including phenoxy) is 3. The maximum atomic E-state index is 6.45. The van der Waals surface area contributed by atoms with Gasteiger partial charge in [-0.1, -0.05) is 41.4 Å². The van der Waals surface area contributed by atoms with Gasteiger partial charge in [-0.15, -0.1) is 0 Å². The van der Waals surface area contributed by atoms with Gasteiger partial charge in [0.15, 0.2) is 11.5 Å². The van der Waals surface area contributed by atoms with E-state index in [2.05, 4.69) is 24.4 Å². The Kier molecular flexibility index (Phi) is 8.06. The molecule has 0 aliphatic carbocycles. The summed E-state index contributed by atoms with van der Waals surface area (Å²) in [6, 6.07) is 12.1. The molecule has 0 aliphatic rings. The molecule has 2 rings (SSSR count). The van der Waals surface area contributed by atoms with Crippen molar-refractivity contribution >= 4 is 11.6 Å². The van der Waals surface area contributed by atoms with Crippen LogP contribution in [0.1, 0.15) is 23.6 Å². The summed E-state index contributed by atoms with van der Waals surface area (Å²) < 4.78 is 16.7. The van der Waals surface area contributed by atoms with Gasteiger partial charge in [0.05, 0.1) is 18.2 Å². The number of hydrogen-bond acceptors (Lipinski definition) is 4. The Morgan fingerprint density at radius 2 is 1.92 bits per heavy atom. The normalized spacial score (nSPS) is 10.7. The molecule has 4 nitrogen and oxygen atoms in total. The Morgan fingerprint density at radius 3 is 2.64 bits per heavy atom. The van der Waals surface area contributed by atoms with E-state index < -0.39 is 0 Å². The fourth-order valence-corrected chi connectivity index (χ4v) is 2.78. The molecule has 0 heterocycles. The van der Waals surface area contributed by atoms with Crippen molar-refractivity contribution in [2.75, 3.05) is 26.9 Å². The van der Waals surface area contributed by atoms with E-state index in [0.29, 0.717) is 42.9 Å². The summed E-state index contributed by atoms with van der Waals surface area (Å²) in [4.78, 5) is 0. The SMILES string of the molecule is CCOc1cc(CNCCOC)cc(Cl)c1OCc1cccc(C)c1. The highest BCUT2D eigenvalue weighted by Crippen LogP contribution is 2.37. The first-order chi connectivity index (χ1) is 12.1. The number of hydrogen-bond donors (Lipinski definition) is 1. The van der Waals surface area contributed by atoms with Gasteiger partial charge < -0.3 is 19.5 Å². The van der Waals surface area contributed by atoms with E-state index in [9.17, 15) is 0 Å². The fraction of sp³-hybridized carbons (Fsp3) is 0.400. The summed E-state index contributed by atoms with van der Waals surface area (Å²) in [6.45, 7) is 7.16. The van der Waals surface area contributed by atoms with Gasteiger partial charge in [0.25, 0.3) is 0 Å². The zero-order valence-electron chi connectivity index (χ0n) is 15.1. The van der Waals surface area contributed by atoms with Crippen molar-refractivity contribution in [3.63, 3.8) is 0 Å². The van der Waals surface area contributed by atoms with Crippen LogP contribution in [0.4, 0.5) is 0 Å². The lowest BCUT2D eigenvalue weighted by Gasteiger charge is -2.16. The smallest absolute Gasteiger partial charge is 0.180 e. The van der Waals surface area contributed by atoms with Crippen molar-refractivity contribution in [2.45, 2.75) is 27.0 Å². The van der Waals surface area contributed by atoms with E-state index in [-0.39, 0.29) is 0 Å². The van der Waals surface area contributed by atoms with Crippen LogP contribution in [-0.2, 0) is 17.9 Å². The molecule has 2 aromatic rings. The van der Waals surface area contributed by atoms with Crippen molar-refractivity contribution in [3.8, 4) is 11.5 Å². The van der Waals surface area contributed by atoms with E-state index in [1.165, 1.54) is 5.56 Å². The van der Waals surface area contributed by atoms with Crippen molar-refractivity contribution in [2.24, 2.45) is 0 Å². The van der Waals surface area contributed by atoms with Gasteiger partial charge in [-0.25, -0.2) is 0 Å². The van der Waals surface area contributed by atoms with Gasteiger partial charge in [-0.2, -0.15) is 0 Å². The number of halogens is 1. The number of rotatable bonds is 10. The summed E-state index contributed by atoms with van der Waals surface area (Å²) in [5.74, 6) is 1.26. The number of benzene rings is 2. The van der Waals surface area contributed by atoms with Crippen LogP contribution in [0.25, 0.3) is 0 Å². The Morgan fingerprint density at radius 1 is 1.08 bits per heavy atom. The molecule has 0 amide bonds. The van der Waals surface area contributed by atoms with E-state index in [0.717, 1.165) is 17.7 Å². The molecule has 0 bridgehead atoms. The minimum Gasteiger partial charge on any atom is -0.490 e. The molecule has 0 saturated carbocycles. The van der Waals surface area contributed by atoms with Crippen LogP contribution >= 0.6 is 11.6 Å². The lowest BCUT2D eigenvalue weighted by atomic mass is 10.1. The molecule has 5 heteroatoms. The second-order valence-corrected chi connectivity index (χ2v) is 6.19. The van der Waals surface area contributed by atoms with E-state index in [4.69, 9.17) is 25.8 Å². The van der Waals surface area contributed by atoms with Gasteiger partial charge in [-0.05, 0) is 37.1 Å². The molecule has 0 spiro atoms. The second kappa shape index (κ2) is 10.3. The lowest BCUT2D eigenvalue weighted by Crippen LogP contribution is -2.18. The predicted molar refractivity (Wildman–Crippen MR) is 102 cm³/mol. The van der Waals surface area contributed by atoms with Crippen molar-refractivity contribution in [1.29, 1.82) is 0 Å². The topological polar surface area (TPSA) is 39.7 Å². The average Bonchev–Trinajstić information content (AvgIpc) is 2.58. The molecule has 1 N–H and O–H groups in total. The van der Waals surface area contributed by atoms with Gasteiger partial charge >= 0.3 is 0 Å². The average molecular weight is 364 g/mol. The van der Waals surface area contributed by atoms with Crippen LogP contribution in [-0.4, -0.2) is 26.9 Å². The molecule has 0 atom stereocenters. The Balaban J connectivity index is 2.10. The Labute approximate surface area is 155 Å². The fourth-order valence-electron chi connectivity index (χ4n) is 2.49. The third-order valence-electron chi connectivity index (χ3n) is 3.65. The quantitative estimate of drug-likeness (QED) is 0.636. The van der Waals surface area contributed by atoms with Crippen LogP contribution in [0, 0.1) is 6.92 Å². The summed E-state index contributed by atoms with van der Waals surface area (Å²) in [7, 11) is 1.69. The molecule has 0 saturated heterocycles. The summed E-state index contributed by atoms with van der Waals surface area (Å²) in [6.07, 6.45) is 0. The minimum absolute atomic E-state index is 0.451. The number of aryl methyl sites for hydroxylation is 1. The molecule has 2 aromatic carbocycles. The molecule has 0 aromatic heterocycles. The highest BCUT2D eigenvalue weighted by Gasteiger charge is 2.13. The lowest BCUT2D eigenvalue weighted by molar-refractivity contribution is 0.199. The zero-order chi connectivity index (χ0) is 18.1. The largest absolute Gasteiger partial charge is 0.490 e. The predicted octanol–water partition coefficient (Wildman–Crippen LogP) is 4.36. The molecule has 25 heavy (non-hydrogen) atoms. The van der Waals surface area contributed by atoms with E-state index >= 15 is 0 Å². The third kappa shape index (κ3) is 6.24. The van der Waals surface area contributed by atoms with Crippen LogP contribution < -0.4 is 14.8 Å². The minimum atomic E-state index is 0.451. The third-order valence-corrected chi connectivity index (χ3v) is 3.93. The first-order valence-corrected chi connectivity index (χ1v) is 8.85. The van der Waals surface area contributed by atoms with E-state index in [1.54, 1.807) is 7.11 Å². The molecule has 0 radical (unpaired) electrons. The summed E-state index contributed by atoms with van der Waals surface area (Å²) in [5.41, 5.74) is 3.35. The van der Waals surface area contributed by atoms with Crippen LogP contribution in [0.3, 0.4) is 0 Å². The van der Waals surface area contributed by atoms with Gasteiger partial charge in [0.2, 0.25) is 0 Å². The monoisotopic (exact) mass is 363 g/mol. The van der Waals surface area contributed by atoms with Crippen LogP contribution in [0.5, 0.6) is 11.5 Å². The second-order valence-electron chi connectivity index (χ2n) is 5.79. The van der Waals surface area contributed by atoms with Crippen molar-refractivity contribution < 1.29 is 14.2 Å². The maximum Gasteiger partial charge on any atom is 0.180 e. The summed E-state index contributed by atoms with van der Waals surface area (Å²) >= 11 is 6.45. The molecule has 0 unspecified atom stereocenters. The Hall–Kier alpha value is -1.75. The summed E-state index contributed by atoms with van der Waals surface area (Å²) in [5, 5.41) is 3.86. The first kappa shape index (κ1) is 19.6. The Bertz CT molecular complexity index is 676. The van der Waals surface area contributed by atoms with Crippen LogP contribution in [0.15, 0.2) is 36.4 Å². The van der Waals surface area contributed by atoms with Crippen LogP contribution in [0.2, 0.25) is 5.02 Å². The molecular formula is C20H26ClNO3. The van der Waals surface area contributed by atoms with Gasteiger partial charge in [0.1, 0.15) is 6.61 Å². The number of methoxy groups -OCH3 is 1. The zero-order valence-corrected chi connectivity index (χ0v) is 15.9. The molecule has 0 fully saturated rings. The number of nitrogens with one attached hydrogen (secondary N) is 1. The molecule has 0 aliphatic heterocycles. The highest BCUT2D eigenvalue weighted by atomic mass is 35.5. The molecular weight excluding hydrogens is 338 g/mol. The first-order valence-electron chi connectivity index (χ1n) is 8.47. The molecule has 136 valence electrons. The highest BCUT2D eigenvalue weighted by molar-refractivity contribution is 6.32.